The van der Waals surface area contributed by atoms with Crippen molar-refractivity contribution in [2.24, 2.45) is 0 Å². The molecule has 0 aliphatic heterocycles. The van der Waals surface area contributed by atoms with Crippen molar-refractivity contribution in [3.8, 4) is 0 Å². The van der Waals surface area contributed by atoms with Gasteiger partial charge >= 0.3 is 139 Å². The zero-order chi connectivity index (χ0) is 19.5. The van der Waals surface area contributed by atoms with Crippen LogP contribution in [-0.4, -0.2) is 0 Å². The monoisotopic (exact) mass is 464 g/mol. The molecule has 0 fully saturated rings. The van der Waals surface area contributed by atoms with Gasteiger partial charge in [-0.05, 0) is 0 Å². The molecule has 0 aromatic heterocycles. The summed E-state index contributed by atoms with van der Waals surface area (Å²) in [5.74, 6) is -4.70. The maximum absolute atomic E-state index is 14.1. The number of halogens is 10. The molecule has 25 heavy (non-hydrogen) atoms. The van der Waals surface area contributed by atoms with Gasteiger partial charge < -0.3 is 0 Å². The SMILES string of the molecule is Fc1ccccc1[S](F)(F)(F)(F)[Ni][S](F)(F)(F)(F)c1ccccc1F. The second kappa shape index (κ2) is 4.42. The van der Waals surface area contributed by atoms with Crippen LogP contribution in [0.5, 0.6) is 0 Å². The topological polar surface area (TPSA) is 0 Å². The van der Waals surface area contributed by atoms with Crippen LogP contribution in [0.2, 0.25) is 0 Å². The number of rotatable bonds is 4. The summed E-state index contributed by atoms with van der Waals surface area (Å²) in [5, 5.41) is 0. The van der Waals surface area contributed by atoms with Gasteiger partial charge in [0, 0.05) is 0 Å². The number of hydrogen-bond donors (Lipinski definition) is 0. The first kappa shape index (κ1) is 20.2. The van der Waals surface area contributed by atoms with Crippen molar-refractivity contribution in [2.75, 3.05) is 0 Å². The standard InChI is InChI=1S/2C6H4F5S.Ni/c2*7-5-3-1-2-4-6(5)12(8,9,10)11;/h2*1-4H;. The second-order valence-electron chi connectivity index (χ2n) is 4.75. The van der Waals surface area contributed by atoms with E-state index in [9.17, 15) is 39.9 Å². The first-order valence-corrected chi connectivity index (χ1v) is 12.2. The van der Waals surface area contributed by atoms with E-state index in [-0.39, 0.29) is 24.3 Å². The van der Waals surface area contributed by atoms with Gasteiger partial charge in [-0.25, -0.2) is 0 Å². The Bertz CT molecular complexity index is 796. The van der Waals surface area contributed by atoms with Crippen molar-refractivity contribution in [1.82, 2.24) is 0 Å². The Labute approximate surface area is 139 Å². The molecule has 0 unspecified atom stereocenters. The van der Waals surface area contributed by atoms with Gasteiger partial charge in [-0.15, -0.1) is 0 Å². The van der Waals surface area contributed by atoms with Crippen LogP contribution in [0.3, 0.4) is 0 Å². The van der Waals surface area contributed by atoms with E-state index in [1.54, 1.807) is 0 Å². The molecule has 0 saturated carbocycles. The zero-order valence-electron chi connectivity index (χ0n) is 11.5. The van der Waals surface area contributed by atoms with Crippen molar-refractivity contribution in [3.63, 3.8) is 0 Å². The van der Waals surface area contributed by atoms with Crippen LogP contribution in [0.4, 0.5) is 39.9 Å². The Kier molecular flexibility index (Phi) is 3.58. The Morgan fingerprint density at radius 3 is 1.08 bits per heavy atom. The molecule has 0 nitrogen and oxygen atoms in total. The predicted molar refractivity (Wildman–Crippen MR) is 73.4 cm³/mol. The van der Waals surface area contributed by atoms with Gasteiger partial charge in [-0.2, -0.15) is 0 Å². The summed E-state index contributed by atoms with van der Waals surface area (Å²) in [6.45, 7) is 0. The summed E-state index contributed by atoms with van der Waals surface area (Å²) < 4.78 is 139. The molecule has 0 N–H and O–H groups in total. The van der Waals surface area contributed by atoms with E-state index in [2.05, 4.69) is 0 Å². The van der Waals surface area contributed by atoms with Crippen molar-refractivity contribution >= 4 is 16.7 Å². The van der Waals surface area contributed by atoms with Crippen LogP contribution in [0.1, 0.15) is 0 Å². The molecule has 0 aliphatic carbocycles. The molecule has 0 amide bonds. The quantitative estimate of drug-likeness (QED) is 0.316. The average molecular weight is 465 g/mol. The fraction of sp³-hybridized carbons (Fsp3) is 0. The average Bonchev–Trinajstić information content (AvgIpc) is 2.34. The van der Waals surface area contributed by atoms with Crippen LogP contribution >= 0.6 is 16.7 Å². The summed E-state index contributed by atoms with van der Waals surface area (Å²) in [6, 6.07) is 1.85. The zero-order valence-corrected chi connectivity index (χ0v) is 14.2. The van der Waals surface area contributed by atoms with Gasteiger partial charge in [0.2, 0.25) is 0 Å². The molecule has 2 aromatic rings. The molecule has 0 saturated heterocycles. The third-order valence-electron chi connectivity index (χ3n) is 2.69. The van der Waals surface area contributed by atoms with E-state index < -0.39 is 50.4 Å². The van der Waals surface area contributed by atoms with E-state index in [0.717, 1.165) is 0 Å². The summed E-state index contributed by atoms with van der Waals surface area (Å²) in [7, 11) is -21.2. The molecule has 0 bridgehead atoms. The van der Waals surface area contributed by atoms with Crippen molar-refractivity contribution in [2.45, 2.75) is 9.79 Å². The van der Waals surface area contributed by atoms with Crippen LogP contribution in [0.25, 0.3) is 0 Å². The van der Waals surface area contributed by atoms with E-state index >= 15 is 0 Å². The van der Waals surface area contributed by atoms with Crippen molar-refractivity contribution in [3.05, 3.63) is 60.2 Å². The van der Waals surface area contributed by atoms with E-state index in [1.807, 2.05) is 0 Å². The molecule has 2 rings (SSSR count). The molecule has 0 heterocycles. The van der Waals surface area contributed by atoms with Gasteiger partial charge in [0.05, 0.1) is 0 Å². The molecule has 0 spiro atoms. The first-order chi connectivity index (χ1) is 10.8. The molecular formula is C12H8F10NiS2. The molecule has 0 atom stereocenters. The van der Waals surface area contributed by atoms with Gasteiger partial charge in [-0.3, -0.25) is 0 Å². The van der Waals surface area contributed by atoms with E-state index in [0.29, 0.717) is 24.3 Å². The Morgan fingerprint density at radius 1 is 0.520 bits per heavy atom. The van der Waals surface area contributed by atoms with Gasteiger partial charge in [0.15, 0.2) is 0 Å². The van der Waals surface area contributed by atoms with Crippen LogP contribution in [0.15, 0.2) is 58.3 Å². The van der Waals surface area contributed by atoms with Gasteiger partial charge in [0.1, 0.15) is 0 Å². The van der Waals surface area contributed by atoms with Crippen LogP contribution in [0, 0.1) is 11.6 Å². The molecule has 13 heteroatoms. The molecule has 2 aromatic carbocycles. The normalized spacial score (nSPS) is 18.8. The Morgan fingerprint density at radius 2 is 0.800 bits per heavy atom. The fourth-order valence-electron chi connectivity index (χ4n) is 1.76. The third-order valence-corrected chi connectivity index (χ3v) is 13.9. The third kappa shape index (κ3) is 3.87. The Hall–Kier alpha value is -1.07. The van der Waals surface area contributed by atoms with E-state index in [4.69, 9.17) is 0 Å². The fourth-order valence-corrected chi connectivity index (χ4v) is 14.0. The first-order valence-electron chi connectivity index (χ1n) is 5.93. The molecular weight excluding hydrogens is 457 g/mol. The van der Waals surface area contributed by atoms with Gasteiger partial charge in [0.25, 0.3) is 0 Å². The number of benzene rings is 2. The van der Waals surface area contributed by atoms with E-state index in [1.165, 1.54) is 0 Å². The Balaban J connectivity index is 2.82. The second-order valence-corrected chi connectivity index (χ2v) is 16.1. The maximum atomic E-state index is 14.1. The van der Waals surface area contributed by atoms with Crippen LogP contribution in [-0.2, 0) is 12.2 Å². The summed E-state index contributed by atoms with van der Waals surface area (Å²) in [6.07, 6.45) is 0. The molecule has 0 radical (unpaired) electrons. The molecule has 148 valence electrons. The summed E-state index contributed by atoms with van der Waals surface area (Å²) in [5.41, 5.74) is 0. The van der Waals surface area contributed by atoms with Crippen LogP contribution < -0.4 is 0 Å². The summed E-state index contributed by atoms with van der Waals surface area (Å²) in [4.78, 5) is -5.76. The van der Waals surface area contributed by atoms with Crippen molar-refractivity contribution in [1.29, 1.82) is 0 Å². The predicted octanol–water partition coefficient (Wildman–Crippen LogP) is 8.12. The molecule has 0 aliphatic rings. The minimum absolute atomic E-state index is 0.0772. The van der Waals surface area contributed by atoms with Gasteiger partial charge in [-0.1, -0.05) is 0 Å². The minimum atomic E-state index is -10.6. The van der Waals surface area contributed by atoms with Crippen molar-refractivity contribution < 1.29 is 52.1 Å². The summed E-state index contributed by atoms with van der Waals surface area (Å²) >= 11 is -3.79. The number of hydrogen-bond acceptors (Lipinski definition) is 0.